The Bertz CT molecular complexity index is 715. The Kier molecular flexibility index (Phi) is 5.04. The first-order valence-electron chi connectivity index (χ1n) is 6.27. The van der Waals surface area contributed by atoms with E-state index in [4.69, 9.17) is 5.73 Å². The van der Waals surface area contributed by atoms with Gasteiger partial charge in [-0.25, -0.2) is 9.37 Å². The second-order valence-corrected chi connectivity index (χ2v) is 5.18. The van der Waals surface area contributed by atoms with Gasteiger partial charge in [-0.2, -0.15) is 0 Å². The Morgan fingerprint density at radius 2 is 2.33 bits per heavy atom. The highest BCUT2D eigenvalue weighted by Gasteiger charge is 2.13. The minimum Gasteiger partial charge on any atom is -0.347 e. The molecule has 4 nitrogen and oxygen atoms in total. The van der Waals surface area contributed by atoms with Gasteiger partial charge < -0.3 is 11.1 Å². The lowest BCUT2D eigenvalue weighted by molar-refractivity contribution is 0.0947. The summed E-state index contributed by atoms with van der Waals surface area (Å²) < 4.78 is 13.7. The van der Waals surface area contributed by atoms with Crippen molar-refractivity contribution in [1.29, 1.82) is 0 Å². The summed E-state index contributed by atoms with van der Waals surface area (Å²) in [6, 6.07) is 4.17. The maximum Gasteiger partial charge on any atom is 0.254 e. The fourth-order valence-electron chi connectivity index (χ4n) is 1.68. The highest BCUT2D eigenvalue weighted by atomic mass is 32.1. The van der Waals surface area contributed by atoms with Crippen LogP contribution >= 0.6 is 11.3 Å². The van der Waals surface area contributed by atoms with Crippen LogP contribution in [0.5, 0.6) is 0 Å². The molecule has 1 aromatic carbocycles. The fourth-order valence-corrected chi connectivity index (χ4v) is 2.40. The molecule has 108 valence electrons. The predicted octanol–water partition coefficient (Wildman–Crippen LogP) is 1.83. The molecule has 1 aromatic heterocycles. The number of aromatic nitrogens is 1. The summed E-state index contributed by atoms with van der Waals surface area (Å²) in [4.78, 5) is 17.1. The van der Waals surface area contributed by atoms with Gasteiger partial charge in [0.05, 0.1) is 29.9 Å². The number of halogens is 1. The first-order chi connectivity index (χ1) is 10.1. The van der Waals surface area contributed by atoms with Gasteiger partial charge in [-0.3, -0.25) is 4.79 Å². The molecule has 21 heavy (non-hydrogen) atoms. The van der Waals surface area contributed by atoms with E-state index in [0.717, 1.165) is 10.6 Å². The topological polar surface area (TPSA) is 68.0 Å². The van der Waals surface area contributed by atoms with Crippen molar-refractivity contribution in [2.45, 2.75) is 13.5 Å². The number of amides is 1. The zero-order chi connectivity index (χ0) is 15.2. The number of benzene rings is 1. The van der Waals surface area contributed by atoms with Crippen molar-refractivity contribution < 1.29 is 9.18 Å². The van der Waals surface area contributed by atoms with Crippen molar-refractivity contribution in [2.24, 2.45) is 5.73 Å². The van der Waals surface area contributed by atoms with Crippen LogP contribution in [0.1, 0.15) is 26.5 Å². The number of carbonyl (C=O) groups excluding carboxylic acids is 1. The first kappa shape index (κ1) is 15.2. The molecule has 0 aliphatic carbocycles. The van der Waals surface area contributed by atoms with Gasteiger partial charge in [0.15, 0.2) is 0 Å². The minimum absolute atomic E-state index is 0.0269. The number of nitrogens with zero attached hydrogens (tertiary/aromatic N) is 1. The van der Waals surface area contributed by atoms with Crippen LogP contribution in [-0.4, -0.2) is 17.4 Å². The largest absolute Gasteiger partial charge is 0.347 e. The third-order valence-corrected chi connectivity index (χ3v) is 3.74. The predicted molar refractivity (Wildman–Crippen MR) is 80.4 cm³/mol. The summed E-state index contributed by atoms with van der Waals surface area (Å²) in [5.74, 6) is 4.39. The summed E-state index contributed by atoms with van der Waals surface area (Å²) in [6.45, 7) is 2.40. The van der Waals surface area contributed by atoms with Crippen LogP contribution in [0.15, 0.2) is 23.7 Å². The summed E-state index contributed by atoms with van der Waals surface area (Å²) in [6.07, 6.45) is 0. The van der Waals surface area contributed by atoms with Gasteiger partial charge in [-0.15, -0.1) is 11.3 Å². The van der Waals surface area contributed by atoms with Gasteiger partial charge in [0.25, 0.3) is 5.91 Å². The van der Waals surface area contributed by atoms with Crippen molar-refractivity contribution in [3.05, 3.63) is 51.2 Å². The molecular weight excluding hydrogens is 289 g/mol. The van der Waals surface area contributed by atoms with Crippen LogP contribution in [-0.2, 0) is 6.54 Å². The van der Waals surface area contributed by atoms with Gasteiger partial charge in [0.1, 0.15) is 5.82 Å². The van der Waals surface area contributed by atoms with Crippen LogP contribution in [0.4, 0.5) is 4.39 Å². The third-order valence-electron chi connectivity index (χ3n) is 2.80. The van der Waals surface area contributed by atoms with Crippen molar-refractivity contribution in [3.8, 4) is 11.8 Å². The standard InChI is InChI=1S/C15H14FN3OS/c1-10-14(21-9-19-10)8-18-15(20)12-7-11(3-2-6-17)4-5-13(12)16/h4-5,7,9H,6,8,17H2,1H3,(H,18,20). The number of carbonyl (C=O) groups is 1. The van der Waals surface area contributed by atoms with E-state index in [0.29, 0.717) is 12.1 Å². The number of nitrogens with one attached hydrogen (secondary N) is 1. The Hall–Kier alpha value is -2.23. The van der Waals surface area contributed by atoms with Gasteiger partial charge in [0, 0.05) is 10.4 Å². The van der Waals surface area contributed by atoms with Crippen LogP contribution in [0.25, 0.3) is 0 Å². The van der Waals surface area contributed by atoms with Crippen LogP contribution < -0.4 is 11.1 Å². The molecule has 1 heterocycles. The second-order valence-electron chi connectivity index (χ2n) is 4.24. The Labute approximate surface area is 126 Å². The zero-order valence-electron chi connectivity index (χ0n) is 11.4. The minimum atomic E-state index is -0.577. The molecular formula is C15H14FN3OS. The maximum absolute atomic E-state index is 13.7. The van der Waals surface area contributed by atoms with E-state index in [1.807, 2.05) is 6.92 Å². The smallest absolute Gasteiger partial charge is 0.254 e. The van der Waals surface area contributed by atoms with Gasteiger partial charge >= 0.3 is 0 Å². The molecule has 0 unspecified atom stereocenters. The van der Waals surface area contributed by atoms with E-state index in [2.05, 4.69) is 22.1 Å². The molecule has 1 amide bonds. The van der Waals surface area contributed by atoms with Crippen molar-refractivity contribution in [3.63, 3.8) is 0 Å². The van der Waals surface area contributed by atoms with Crippen LogP contribution in [0, 0.1) is 24.6 Å². The quantitative estimate of drug-likeness (QED) is 0.850. The monoisotopic (exact) mass is 303 g/mol. The molecule has 0 aliphatic rings. The number of hydrogen-bond donors (Lipinski definition) is 2. The lowest BCUT2D eigenvalue weighted by Crippen LogP contribution is -2.23. The van der Waals surface area contributed by atoms with E-state index < -0.39 is 11.7 Å². The van der Waals surface area contributed by atoms with E-state index in [1.165, 1.54) is 29.5 Å². The van der Waals surface area contributed by atoms with Gasteiger partial charge in [0.2, 0.25) is 0 Å². The molecule has 2 aromatic rings. The van der Waals surface area contributed by atoms with Gasteiger partial charge in [-0.05, 0) is 25.1 Å². The molecule has 0 saturated carbocycles. The molecule has 6 heteroatoms. The number of thiazole rings is 1. The molecule has 0 bridgehead atoms. The molecule has 2 rings (SSSR count). The zero-order valence-corrected chi connectivity index (χ0v) is 12.3. The first-order valence-corrected chi connectivity index (χ1v) is 7.15. The van der Waals surface area contributed by atoms with E-state index >= 15 is 0 Å². The normalized spacial score (nSPS) is 9.86. The molecule has 0 spiro atoms. The SMILES string of the molecule is Cc1ncsc1CNC(=O)c1cc(C#CCN)ccc1F. The Morgan fingerprint density at radius 3 is 3.00 bits per heavy atom. The van der Waals surface area contributed by atoms with E-state index in [-0.39, 0.29) is 12.1 Å². The lowest BCUT2D eigenvalue weighted by Gasteiger charge is -2.06. The molecule has 0 radical (unpaired) electrons. The number of aryl methyl sites for hydroxylation is 1. The average molecular weight is 303 g/mol. The number of nitrogens with two attached hydrogens (primary N) is 1. The average Bonchev–Trinajstić information content (AvgIpc) is 2.89. The highest BCUT2D eigenvalue weighted by molar-refractivity contribution is 7.09. The molecule has 0 fully saturated rings. The van der Waals surface area contributed by atoms with Crippen molar-refractivity contribution >= 4 is 17.2 Å². The molecule has 0 saturated heterocycles. The maximum atomic E-state index is 13.7. The highest BCUT2D eigenvalue weighted by Crippen LogP contribution is 2.13. The van der Waals surface area contributed by atoms with Crippen molar-refractivity contribution in [1.82, 2.24) is 10.3 Å². The fraction of sp³-hybridized carbons (Fsp3) is 0.200. The van der Waals surface area contributed by atoms with Gasteiger partial charge in [-0.1, -0.05) is 11.8 Å². The summed E-state index contributed by atoms with van der Waals surface area (Å²) in [5.41, 5.74) is 8.39. The van der Waals surface area contributed by atoms with E-state index in [1.54, 1.807) is 5.51 Å². The Morgan fingerprint density at radius 1 is 1.52 bits per heavy atom. The van der Waals surface area contributed by atoms with Crippen LogP contribution in [0.3, 0.4) is 0 Å². The molecule has 3 N–H and O–H groups in total. The third kappa shape index (κ3) is 3.88. The molecule has 0 atom stereocenters. The summed E-state index contributed by atoms with van der Waals surface area (Å²) >= 11 is 1.45. The van der Waals surface area contributed by atoms with Crippen molar-refractivity contribution in [2.75, 3.05) is 6.54 Å². The van der Waals surface area contributed by atoms with Crippen LogP contribution in [0.2, 0.25) is 0 Å². The summed E-state index contributed by atoms with van der Waals surface area (Å²) in [7, 11) is 0. The number of hydrogen-bond acceptors (Lipinski definition) is 4. The second kappa shape index (κ2) is 6.97. The summed E-state index contributed by atoms with van der Waals surface area (Å²) in [5, 5.41) is 2.68. The number of rotatable bonds is 3. The molecule has 0 aliphatic heterocycles. The Balaban J connectivity index is 2.13. The lowest BCUT2D eigenvalue weighted by atomic mass is 10.1. The van der Waals surface area contributed by atoms with E-state index in [9.17, 15) is 9.18 Å².